The average molecular weight is 330 g/mol. The summed E-state index contributed by atoms with van der Waals surface area (Å²) in [5.41, 5.74) is 6.96. The van der Waals surface area contributed by atoms with E-state index in [0.29, 0.717) is 19.0 Å². The highest BCUT2D eigenvalue weighted by Crippen LogP contribution is 2.19. The zero-order valence-electron chi connectivity index (χ0n) is 13.6. The molecule has 0 saturated carbocycles. The normalized spacial score (nSPS) is 18.1. The fourth-order valence-corrected chi connectivity index (χ4v) is 2.88. The number of nitrogens with one attached hydrogen (secondary N) is 1. The molecule has 0 spiro atoms. The number of nitrogens with zero attached hydrogens (tertiary/aromatic N) is 4. The van der Waals surface area contributed by atoms with Crippen molar-refractivity contribution in [3.05, 3.63) is 36.2 Å². The van der Waals surface area contributed by atoms with Gasteiger partial charge >= 0.3 is 0 Å². The molecular formula is C16H22N6O2. The van der Waals surface area contributed by atoms with Crippen LogP contribution in [0.2, 0.25) is 0 Å². The molecule has 0 radical (unpaired) electrons. The number of tetrazole rings is 1. The van der Waals surface area contributed by atoms with E-state index in [2.05, 4.69) is 20.8 Å². The lowest BCUT2D eigenvalue weighted by molar-refractivity contribution is -0.125. The predicted octanol–water partition coefficient (Wildman–Crippen LogP) is 0.593. The van der Waals surface area contributed by atoms with Gasteiger partial charge < -0.3 is 15.8 Å². The molecule has 0 aliphatic carbocycles. The van der Waals surface area contributed by atoms with Gasteiger partial charge in [0.2, 0.25) is 5.91 Å². The van der Waals surface area contributed by atoms with E-state index in [0.717, 1.165) is 18.5 Å². The molecule has 1 aromatic heterocycles. The Hall–Kier alpha value is -2.32. The summed E-state index contributed by atoms with van der Waals surface area (Å²) in [6.07, 6.45) is 1.62. The summed E-state index contributed by atoms with van der Waals surface area (Å²) in [5, 5.41) is 14.7. The van der Waals surface area contributed by atoms with Crippen molar-refractivity contribution in [3.8, 4) is 5.69 Å². The smallest absolute Gasteiger partial charge is 0.237 e. The number of carbonyl (C=O) groups excluding carboxylic acids is 1. The molecule has 1 aliphatic heterocycles. The number of rotatable bonds is 5. The zero-order valence-corrected chi connectivity index (χ0v) is 13.6. The highest BCUT2D eigenvalue weighted by Gasteiger charge is 2.28. The lowest BCUT2D eigenvalue weighted by Gasteiger charge is -2.27. The van der Waals surface area contributed by atoms with Gasteiger partial charge in [-0.25, -0.2) is 0 Å². The molecule has 1 saturated heterocycles. The summed E-state index contributed by atoms with van der Waals surface area (Å²) >= 11 is 0. The third-order valence-electron chi connectivity index (χ3n) is 4.32. The Balaban J connectivity index is 1.68. The second-order valence-corrected chi connectivity index (χ2v) is 5.99. The second-order valence-electron chi connectivity index (χ2n) is 5.99. The molecule has 128 valence electrons. The Morgan fingerprint density at radius 3 is 2.75 bits per heavy atom. The van der Waals surface area contributed by atoms with Crippen molar-refractivity contribution in [1.82, 2.24) is 25.5 Å². The van der Waals surface area contributed by atoms with Crippen LogP contribution < -0.4 is 11.1 Å². The van der Waals surface area contributed by atoms with Gasteiger partial charge in [0.1, 0.15) is 0 Å². The number of para-hydroxylation sites is 1. The number of amides is 1. The van der Waals surface area contributed by atoms with E-state index in [4.69, 9.17) is 10.5 Å². The molecule has 2 aromatic rings. The predicted molar refractivity (Wildman–Crippen MR) is 87.2 cm³/mol. The maximum atomic E-state index is 12.4. The van der Waals surface area contributed by atoms with Crippen molar-refractivity contribution >= 4 is 5.91 Å². The summed E-state index contributed by atoms with van der Waals surface area (Å²) in [4.78, 5) is 12.4. The van der Waals surface area contributed by atoms with E-state index in [1.54, 1.807) is 4.68 Å². The van der Waals surface area contributed by atoms with Crippen molar-refractivity contribution in [3.63, 3.8) is 0 Å². The Morgan fingerprint density at radius 2 is 2.04 bits per heavy atom. The molecule has 1 aromatic carbocycles. The fraction of sp³-hybridized carbons (Fsp3) is 0.500. The van der Waals surface area contributed by atoms with Gasteiger partial charge in [-0.3, -0.25) is 4.79 Å². The van der Waals surface area contributed by atoms with Crippen molar-refractivity contribution in [2.24, 2.45) is 11.7 Å². The van der Waals surface area contributed by atoms with Crippen molar-refractivity contribution in [1.29, 1.82) is 0 Å². The summed E-state index contributed by atoms with van der Waals surface area (Å²) in [6, 6.07) is 8.66. The topological polar surface area (TPSA) is 108 Å². The molecule has 8 heteroatoms. The van der Waals surface area contributed by atoms with Crippen LogP contribution in [-0.2, 0) is 9.53 Å². The molecule has 3 N–H and O–H groups in total. The lowest BCUT2D eigenvalue weighted by atomic mass is 9.91. The number of aromatic nitrogens is 4. The Kier molecular flexibility index (Phi) is 5.17. The van der Waals surface area contributed by atoms with Crippen LogP contribution in [0.1, 0.15) is 31.6 Å². The zero-order chi connectivity index (χ0) is 16.9. The average Bonchev–Trinajstić information content (AvgIpc) is 3.12. The molecular weight excluding hydrogens is 308 g/mol. The summed E-state index contributed by atoms with van der Waals surface area (Å²) in [6.45, 7) is 3.17. The fourth-order valence-electron chi connectivity index (χ4n) is 2.88. The van der Waals surface area contributed by atoms with E-state index in [1.807, 2.05) is 37.3 Å². The van der Waals surface area contributed by atoms with E-state index >= 15 is 0 Å². The summed E-state index contributed by atoms with van der Waals surface area (Å²) in [5.74, 6) is 0.529. The van der Waals surface area contributed by atoms with Gasteiger partial charge in [-0.1, -0.05) is 18.2 Å². The van der Waals surface area contributed by atoms with Gasteiger partial charge in [0.15, 0.2) is 5.82 Å². The highest BCUT2D eigenvalue weighted by molar-refractivity contribution is 5.82. The minimum absolute atomic E-state index is 0.149. The van der Waals surface area contributed by atoms with Gasteiger partial charge in [-0.2, -0.15) is 4.68 Å². The maximum absolute atomic E-state index is 12.4. The van der Waals surface area contributed by atoms with Gasteiger partial charge in [0.05, 0.1) is 17.8 Å². The molecule has 1 fully saturated rings. The minimum atomic E-state index is -0.544. The molecule has 8 nitrogen and oxygen atoms in total. The number of nitrogens with two attached hydrogens (primary N) is 1. The molecule has 24 heavy (non-hydrogen) atoms. The first-order chi connectivity index (χ1) is 11.7. The van der Waals surface area contributed by atoms with E-state index < -0.39 is 6.04 Å². The van der Waals surface area contributed by atoms with Crippen molar-refractivity contribution in [2.75, 3.05) is 13.2 Å². The number of carbonyl (C=O) groups is 1. The Labute approximate surface area is 140 Å². The first-order valence-electron chi connectivity index (χ1n) is 8.14. The van der Waals surface area contributed by atoms with Crippen molar-refractivity contribution < 1.29 is 9.53 Å². The molecule has 2 atom stereocenters. The maximum Gasteiger partial charge on any atom is 0.237 e. The van der Waals surface area contributed by atoms with Gasteiger partial charge in [0, 0.05) is 13.2 Å². The Morgan fingerprint density at radius 1 is 1.33 bits per heavy atom. The molecule has 1 aliphatic rings. The molecule has 2 heterocycles. The van der Waals surface area contributed by atoms with Gasteiger partial charge in [-0.05, 0) is 48.2 Å². The van der Waals surface area contributed by atoms with E-state index in [9.17, 15) is 4.79 Å². The van der Waals surface area contributed by atoms with Crippen LogP contribution in [0.3, 0.4) is 0 Å². The SMILES string of the molecule is CC(NC(=O)C(N)C1CCOCC1)c1nnnn1-c1ccccc1. The van der Waals surface area contributed by atoms with E-state index in [1.165, 1.54) is 0 Å². The molecule has 1 amide bonds. The first-order valence-corrected chi connectivity index (χ1v) is 8.14. The highest BCUT2D eigenvalue weighted by atomic mass is 16.5. The van der Waals surface area contributed by atoms with Crippen LogP contribution in [0.25, 0.3) is 5.69 Å². The van der Waals surface area contributed by atoms with Crippen LogP contribution in [0.15, 0.2) is 30.3 Å². The number of hydrogen-bond donors (Lipinski definition) is 2. The minimum Gasteiger partial charge on any atom is -0.381 e. The van der Waals surface area contributed by atoms with Crippen LogP contribution in [-0.4, -0.2) is 45.4 Å². The number of benzene rings is 1. The standard InChI is InChI=1S/C16H22N6O2/c1-11(18-16(23)14(17)12-7-9-24-10-8-12)15-19-20-21-22(15)13-5-3-2-4-6-13/h2-6,11-12,14H,7-10,17H2,1H3,(H,18,23). The van der Waals surface area contributed by atoms with E-state index in [-0.39, 0.29) is 17.9 Å². The van der Waals surface area contributed by atoms with Gasteiger partial charge in [0.25, 0.3) is 0 Å². The summed E-state index contributed by atoms with van der Waals surface area (Å²) < 4.78 is 6.93. The molecule has 3 rings (SSSR count). The largest absolute Gasteiger partial charge is 0.381 e. The Bertz CT molecular complexity index is 668. The lowest BCUT2D eigenvalue weighted by Crippen LogP contribution is -2.48. The third kappa shape index (κ3) is 3.60. The number of ether oxygens (including phenoxy) is 1. The van der Waals surface area contributed by atoms with Crippen molar-refractivity contribution in [2.45, 2.75) is 31.8 Å². The van der Waals surface area contributed by atoms with Gasteiger partial charge in [-0.15, -0.1) is 5.10 Å². The first kappa shape index (κ1) is 16.5. The van der Waals surface area contributed by atoms with Crippen LogP contribution in [0.5, 0.6) is 0 Å². The van der Waals surface area contributed by atoms with Crippen LogP contribution >= 0.6 is 0 Å². The van der Waals surface area contributed by atoms with Crippen LogP contribution in [0, 0.1) is 5.92 Å². The summed E-state index contributed by atoms with van der Waals surface area (Å²) in [7, 11) is 0. The van der Waals surface area contributed by atoms with Crippen LogP contribution in [0.4, 0.5) is 0 Å². The monoisotopic (exact) mass is 330 g/mol. The number of hydrogen-bond acceptors (Lipinski definition) is 6. The second kappa shape index (κ2) is 7.50. The third-order valence-corrected chi connectivity index (χ3v) is 4.32. The quantitative estimate of drug-likeness (QED) is 0.831. The molecule has 0 bridgehead atoms. The molecule has 2 unspecified atom stereocenters.